The van der Waals surface area contributed by atoms with Crippen molar-refractivity contribution < 1.29 is 0 Å². The molecule has 6 heteroatoms. The lowest BCUT2D eigenvalue weighted by atomic mass is 10.3. The molecule has 0 saturated heterocycles. The number of benzene rings is 2. The minimum Gasteiger partial charge on any atom is -0.340 e. The molecule has 0 amide bonds. The average Bonchev–Trinajstić information content (AvgIpc) is 3.18. The minimum absolute atomic E-state index is 0.538. The molecule has 0 aliphatic heterocycles. The highest BCUT2D eigenvalue weighted by molar-refractivity contribution is 5.60. The minimum atomic E-state index is 0.538. The van der Waals surface area contributed by atoms with Gasteiger partial charge in [-0.05, 0) is 42.5 Å². The zero-order valence-corrected chi connectivity index (χ0v) is 13.4. The Morgan fingerprint density at radius 2 is 1.56 bits per heavy atom. The van der Waals surface area contributed by atoms with Crippen LogP contribution in [0.15, 0.2) is 85.6 Å². The molecule has 0 saturated carbocycles. The predicted molar refractivity (Wildman–Crippen MR) is 98.6 cm³/mol. The van der Waals surface area contributed by atoms with E-state index in [1.54, 1.807) is 18.7 Å². The second-order valence-electron chi connectivity index (χ2n) is 5.40. The van der Waals surface area contributed by atoms with Crippen LogP contribution in [0.3, 0.4) is 0 Å². The maximum atomic E-state index is 4.49. The Bertz CT molecular complexity index is 933. The topological polar surface area (TPSA) is 67.7 Å². The van der Waals surface area contributed by atoms with Crippen molar-refractivity contribution in [3.8, 4) is 5.69 Å². The average molecular weight is 328 g/mol. The van der Waals surface area contributed by atoms with Gasteiger partial charge in [-0.25, -0.2) is 9.97 Å². The number of hydrogen-bond donors (Lipinski definition) is 2. The molecule has 0 fully saturated rings. The molecule has 0 aliphatic carbocycles. The van der Waals surface area contributed by atoms with Gasteiger partial charge in [0, 0.05) is 35.7 Å². The van der Waals surface area contributed by atoms with Crippen molar-refractivity contribution in [3.05, 3.63) is 85.6 Å². The fraction of sp³-hybridized carbons (Fsp3) is 0. The first-order chi connectivity index (χ1) is 12.4. The summed E-state index contributed by atoms with van der Waals surface area (Å²) in [5, 5.41) is 6.47. The zero-order chi connectivity index (χ0) is 16.9. The highest BCUT2D eigenvalue weighted by atomic mass is 15.1. The van der Waals surface area contributed by atoms with E-state index in [0.717, 1.165) is 22.9 Å². The third-order valence-corrected chi connectivity index (χ3v) is 3.63. The van der Waals surface area contributed by atoms with Gasteiger partial charge in [0.15, 0.2) is 0 Å². The van der Waals surface area contributed by atoms with Gasteiger partial charge in [0.05, 0.1) is 6.33 Å². The molecule has 2 aromatic heterocycles. The van der Waals surface area contributed by atoms with Crippen molar-refractivity contribution in [1.29, 1.82) is 0 Å². The molecule has 122 valence electrons. The molecule has 0 bridgehead atoms. The van der Waals surface area contributed by atoms with E-state index in [9.17, 15) is 0 Å². The van der Waals surface area contributed by atoms with E-state index in [-0.39, 0.29) is 0 Å². The van der Waals surface area contributed by atoms with E-state index >= 15 is 0 Å². The highest BCUT2D eigenvalue weighted by Crippen LogP contribution is 2.18. The van der Waals surface area contributed by atoms with Crippen LogP contribution in [0.2, 0.25) is 0 Å². The van der Waals surface area contributed by atoms with E-state index in [4.69, 9.17) is 0 Å². The van der Waals surface area contributed by atoms with E-state index in [1.807, 2.05) is 71.4 Å². The van der Waals surface area contributed by atoms with Crippen LogP contribution in [-0.4, -0.2) is 19.5 Å². The molecule has 0 unspecified atom stereocenters. The van der Waals surface area contributed by atoms with Crippen LogP contribution < -0.4 is 10.6 Å². The summed E-state index contributed by atoms with van der Waals surface area (Å²) in [6, 6.07) is 19.7. The lowest BCUT2D eigenvalue weighted by Gasteiger charge is -2.09. The van der Waals surface area contributed by atoms with Crippen LogP contribution in [0, 0.1) is 0 Å². The molecule has 4 aromatic rings. The van der Waals surface area contributed by atoms with Crippen molar-refractivity contribution in [2.75, 3.05) is 10.6 Å². The lowest BCUT2D eigenvalue weighted by Crippen LogP contribution is -2.00. The molecule has 2 heterocycles. The van der Waals surface area contributed by atoms with Crippen LogP contribution in [-0.2, 0) is 0 Å². The molecule has 4 rings (SSSR count). The van der Waals surface area contributed by atoms with E-state index < -0.39 is 0 Å². The van der Waals surface area contributed by atoms with Crippen LogP contribution in [0.5, 0.6) is 0 Å². The van der Waals surface area contributed by atoms with Crippen LogP contribution >= 0.6 is 0 Å². The summed E-state index contributed by atoms with van der Waals surface area (Å²) in [7, 11) is 0. The van der Waals surface area contributed by atoms with Gasteiger partial charge in [0.1, 0.15) is 5.82 Å². The molecule has 2 aromatic carbocycles. The number of aromatic nitrogens is 4. The predicted octanol–water partition coefficient (Wildman–Crippen LogP) is 4.15. The number of anilines is 4. The number of nitrogens with one attached hydrogen (secondary N) is 2. The summed E-state index contributed by atoms with van der Waals surface area (Å²) in [4.78, 5) is 12.8. The summed E-state index contributed by atoms with van der Waals surface area (Å²) in [5.74, 6) is 1.27. The van der Waals surface area contributed by atoms with Crippen molar-refractivity contribution in [3.63, 3.8) is 0 Å². The molecular formula is C19H16N6. The van der Waals surface area contributed by atoms with E-state index in [0.29, 0.717) is 5.95 Å². The third kappa shape index (κ3) is 3.64. The highest BCUT2D eigenvalue weighted by Gasteiger charge is 2.02. The number of imidazole rings is 1. The van der Waals surface area contributed by atoms with Gasteiger partial charge in [-0.1, -0.05) is 18.2 Å². The first-order valence-electron chi connectivity index (χ1n) is 7.87. The number of nitrogens with zero attached hydrogens (tertiary/aromatic N) is 4. The quantitative estimate of drug-likeness (QED) is 0.576. The normalized spacial score (nSPS) is 10.4. The van der Waals surface area contributed by atoms with Crippen LogP contribution in [0.4, 0.5) is 23.1 Å². The van der Waals surface area contributed by atoms with Crippen molar-refractivity contribution in [2.24, 2.45) is 0 Å². The summed E-state index contributed by atoms with van der Waals surface area (Å²) in [6.45, 7) is 0. The summed E-state index contributed by atoms with van der Waals surface area (Å²) < 4.78 is 1.95. The Labute approximate surface area is 145 Å². The molecule has 25 heavy (non-hydrogen) atoms. The molecule has 6 nitrogen and oxygen atoms in total. The van der Waals surface area contributed by atoms with Gasteiger partial charge < -0.3 is 15.2 Å². The molecule has 0 radical (unpaired) electrons. The van der Waals surface area contributed by atoms with Crippen LogP contribution in [0.25, 0.3) is 5.69 Å². The Hall–Kier alpha value is -3.67. The SMILES string of the molecule is c1ccc(Nc2ccnc(Nc3ccc(-n4ccnc4)cc3)n2)cc1. The van der Waals surface area contributed by atoms with E-state index in [2.05, 4.69) is 25.6 Å². The van der Waals surface area contributed by atoms with Crippen LogP contribution in [0.1, 0.15) is 0 Å². The largest absolute Gasteiger partial charge is 0.340 e. The van der Waals surface area contributed by atoms with Gasteiger partial charge in [-0.3, -0.25) is 0 Å². The van der Waals surface area contributed by atoms with Gasteiger partial charge in [-0.15, -0.1) is 0 Å². The van der Waals surface area contributed by atoms with Crippen molar-refractivity contribution in [1.82, 2.24) is 19.5 Å². The summed E-state index contributed by atoms with van der Waals surface area (Å²) in [6.07, 6.45) is 7.15. The maximum Gasteiger partial charge on any atom is 0.229 e. The maximum absolute atomic E-state index is 4.49. The fourth-order valence-corrected chi connectivity index (χ4v) is 2.42. The summed E-state index contributed by atoms with van der Waals surface area (Å²) >= 11 is 0. The number of para-hydroxylation sites is 1. The molecular weight excluding hydrogens is 312 g/mol. The second-order valence-corrected chi connectivity index (χ2v) is 5.40. The Morgan fingerprint density at radius 1 is 0.760 bits per heavy atom. The van der Waals surface area contributed by atoms with Gasteiger partial charge in [0.25, 0.3) is 0 Å². The standard InChI is InChI=1S/C19H16N6/c1-2-4-15(5-3-1)22-18-10-11-21-19(24-18)23-16-6-8-17(9-7-16)25-13-12-20-14-25/h1-14H,(H2,21,22,23,24). The third-order valence-electron chi connectivity index (χ3n) is 3.63. The lowest BCUT2D eigenvalue weighted by molar-refractivity contribution is 1.06. The van der Waals surface area contributed by atoms with E-state index in [1.165, 1.54) is 0 Å². The molecule has 0 atom stereocenters. The summed E-state index contributed by atoms with van der Waals surface area (Å²) in [5.41, 5.74) is 2.95. The van der Waals surface area contributed by atoms with Gasteiger partial charge >= 0.3 is 0 Å². The van der Waals surface area contributed by atoms with Crippen molar-refractivity contribution in [2.45, 2.75) is 0 Å². The molecule has 0 spiro atoms. The monoisotopic (exact) mass is 328 g/mol. The second kappa shape index (κ2) is 6.84. The number of rotatable bonds is 5. The Balaban J connectivity index is 1.48. The zero-order valence-electron chi connectivity index (χ0n) is 13.4. The first kappa shape index (κ1) is 14.9. The fourth-order valence-electron chi connectivity index (χ4n) is 2.42. The molecule has 2 N–H and O–H groups in total. The smallest absolute Gasteiger partial charge is 0.229 e. The Morgan fingerprint density at radius 3 is 2.32 bits per heavy atom. The first-order valence-corrected chi connectivity index (χ1v) is 7.87. The van der Waals surface area contributed by atoms with Crippen molar-refractivity contribution >= 4 is 23.1 Å². The molecule has 0 aliphatic rings. The van der Waals surface area contributed by atoms with Gasteiger partial charge in [-0.2, -0.15) is 4.98 Å². The number of hydrogen-bond acceptors (Lipinski definition) is 5. The Kier molecular flexibility index (Phi) is 4.07. The van der Waals surface area contributed by atoms with Gasteiger partial charge in [0.2, 0.25) is 5.95 Å².